The van der Waals surface area contributed by atoms with Crippen molar-refractivity contribution in [3.8, 4) is 0 Å². The summed E-state index contributed by atoms with van der Waals surface area (Å²) in [7, 11) is 1.88. The van der Waals surface area contributed by atoms with Crippen LogP contribution in [0.2, 0.25) is 0 Å². The molecule has 0 saturated carbocycles. The Hall–Kier alpha value is -3.53. The van der Waals surface area contributed by atoms with Crippen LogP contribution in [0.5, 0.6) is 0 Å². The van der Waals surface area contributed by atoms with Crippen LogP contribution in [0.3, 0.4) is 0 Å². The van der Waals surface area contributed by atoms with Gasteiger partial charge in [-0.15, -0.1) is 0 Å². The maximum atomic E-state index is 12.5. The van der Waals surface area contributed by atoms with Crippen molar-refractivity contribution in [3.05, 3.63) is 47.4 Å². The van der Waals surface area contributed by atoms with Crippen LogP contribution >= 0.6 is 0 Å². The van der Waals surface area contributed by atoms with Crippen molar-refractivity contribution in [1.29, 1.82) is 0 Å². The molecule has 3 aromatic heterocycles. The maximum absolute atomic E-state index is 12.5. The van der Waals surface area contributed by atoms with Gasteiger partial charge in [-0.25, -0.2) is 15.0 Å². The van der Waals surface area contributed by atoms with E-state index in [4.69, 9.17) is 5.11 Å². The molecule has 1 saturated heterocycles. The smallest absolute Gasteiger partial charge is 0.261 e. The number of benzene rings is 1. The van der Waals surface area contributed by atoms with Gasteiger partial charge in [0.15, 0.2) is 5.65 Å². The van der Waals surface area contributed by atoms with E-state index in [1.165, 1.54) is 10.9 Å². The summed E-state index contributed by atoms with van der Waals surface area (Å²) in [6, 6.07) is 5.75. The van der Waals surface area contributed by atoms with Gasteiger partial charge in [-0.1, -0.05) is 0 Å². The van der Waals surface area contributed by atoms with Crippen LogP contribution in [0.4, 0.5) is 11.5 Å². The second kappa shape index (κ2) is 7.38. The first kappa shape index (κ1) is 18.5. The predicted molar refractivity (Wildman–Crippen MR) is 114 cm³/mol. The van der Waals surface area contributed by atoms with Crippen LogP contribution in [0.25, 0.3) is 21.9 Å². The third-order valence-corrected chi connectivity index (χ3v) is 5.60. The molecule has 10 heteroatoms. The fourth-order valence-corrected chi connectivity index (χ4v) is 3.99. The highest BCUT2D eigenvalue weighted by molar-refractivity contribution is 5.87. The molecule has 1 aliphatic rings. The summed E-state index contributed by atoms with van der Waals surface area (Å²) in [5, 5.41) is 14.9. The van der Waals surface area contributed by atoms with Crippen molar-refractivity contribution in [2.75, 3.05) is 42.6 Å². The van der Waals surface area contributed by atoms with E-state index in [0.717, 1.165) is 48.7 Å². The summed E-state index contributed by atoms with van der Waals surface area (Å²) in [5.41, 5.74) is 2.41. The average molecular weight is 406 g/mol. The van der Waals surface area contributed by atoms with Crippen molar-refractivity contribution in [2.24, 2.45) is 7.05 Å². The quantitative estimate of drug-likeness (QED) is 0.519. The van der Waals surface area contributed by atoms with E-state index in [1.54, 1.807) is 11.0 Å². The normalized spacial score (nSPS) is 14.7. The molecule has 1 aromatic carbocycles. The Morgan fingerprint density at radius 3 is 2.63 bits per heavy atom. The first-order valence-electron chi connectivity index (χ1n) is 9.88. The second-order valence-electron chi connectivity index (χ2n) is 7.35. The Morgan fingerprint density at radius 1 is 1.03 bits per heavy atom. The Balaban J connectivity index is 1.37. The van der Waals surface area contributed by atoms with E-state index < -0.39 is 0 Å². The van der Waals surface area contributed by atoms with Gasteiger partial charge in [0.2, 0.25) is 0 Å². The molecule has 0 spiro atoms. The van der Waals surface area contributed by atoms with Gasteiger partial charge in [0.05, 0.1) is 42.0 Å². The molecule has 4 aromatic rings. The topological polar surface area (TPSA) is 105 Å². The first-order valence-corrected chi connectivity index (χ1v) is 9.88. The molecule has 0 unspecified atom stereocenters. The highest BCUT2D eigenvalue weighted by Gasteiger charge is 2.21. The SMILES string of the molecule is Cn1ncc2c(N3CCN(c4ccc5c(=O)n(CCO)cnc5c4)CC3)ncnc21. The van der Waals surface area contributed by atoms with Gasteiger partial charge in [-0.2, -0.15) is 5.10 Å². The molecular weight excluding hydrogens is 384 g/mol. The lowest BCUT2D eigenvalue weighted by atomic mass is 10.2. The minimum absolute atomic E-state index is 0.0901. The molecule has 1 aliphatic heterocycles. The monoisotopic (exact) mass is 406 g/mol. The largest absolute Gasteiger partial charge is 0.395 e. The number of fused-ring (bicyclic) bond motifs is 2. The van der Waals surface area contributed by atoms with Crippen LogP contribution in [0.1, 0.15) is 0 Å². The summed E-state index contributed by atoms with van der Waals surface area (Å²) < 4.78 is 3.19. The van der Waals surface area contributed by atoms with Gasteiger partial charge in [-0.05, 0) is 18.2 Å². The number of nitrogens with zero attached hydrogens (tertiary/aromatic N) is 8. The Morgan fingerprint density at radius 2 is 1.83 bits per heavy atom. The lowest BCUT2D eigenvalue weighted by molar-refractivity contribution is 0.274. The van der Waals surface area contributed by atoms with E-state index in [2.05, 4.69) is 29.9 Å². The molecule has 10 nitrogen and oxygen atoms in total. The van der Waals surface area contributed by atoms with E-state index in [-0.39, 0.29) is 18.7 Å². The van der Waals surface area contributed by atoms with Gasteiger partial charge in [0.25, 0.3) is 5.56 Å². The molecule has 30 heavy (non-hydrogen) atoms. The molecule has 0 aliphatic carbocycles. The number of hydrogen-bond acceptors (Lipinski definition) is 8. The molecule has 4 heterocycles. The van der Waals surface area contributed by atoms with E-state index in [0.29, 0.717) is 10.9 Å². The van der Waals surface area contributed by atoms with Gasteiger partial charge in [0.1, 0.15) is 12.1 Å². The van der Waals surface area contributed by atoms with Crippen LogP contribution in [-0.4, -0.2) is 67.2 Å². The Bertz CT molecular complexity index is 1270. The zero-order valence-corrected chi connectivity index (χ0v) is 16.6. The van der Waals surface area contributed by atoms with Gasteiger partial charge in [-0.3, -0.25) is 14.0 Å². The number of aliphatic hydroxyl groups excluding tert-OH is 1. The molecule has 5 rings (SSSR count). The molecule has 1 N–H and O–H groups in total. The summed E-state index contributed by atoms with van der Waals surface area (Å²) in [5.74, 6) is 0.914. The molecule has 0 radical (unpaired) electrons. The zero-order chi connectivity index (χ0) is 20.7. The van der Waals surface area contributed by atoms with Gasteiger partial charge in [0, 0.05) is 38.9 Å². The van der Waals surface area contributed by atoms with E-state index in [9.17, 15) is 4.79 Å². The zero-order valence-electron chi connectivity index (χ0n) is 16.6. The maximum Gasteiger partial charge on any atom is 0.261 e. The van der Waals surface area contributed by atoms with E-state index >= 15 is 0 Å². The summed E-state index contributed by atoms with van der Waals surface area (Å²) in [6.07, 6.45) is 4.90. The minimum atomic E-state index is -0.130. The molecule has 0 amide bonds. The van der Waals surface area contributed by atoms with Crippen molar-refractivity contribution >= 4 is 33.4 Å². The van der Waals surface area contributed by atoms with Gasteiger partial charge < -0.3 is 14.9 Å². The van der Waals surface area contributed by atoms with Crippen molar-refractivity contribution < 1.29 is 5.11 Å². The number of aromatic nitrogens is 6. The number of rotatable bonds is 4. The fourth-order valence-electron chi connectivity index (χ4n) is 3.99. The Kier molecular flexibility index (Phi) is 4.55. The van der Waals surface area contributed by atoms with Crippen LogP contribution < -0.4 is 15.4 Å². The average Bonchev–Trinajstić information content (AvgIpc) is 3.17. The van der Waals surface area contributed by atoms with Crippen molar-refractivity contribution in [2.45, 2.75) is 6.54 Å². The molecule has 154 valence electrons. The number of aliphatic hydroxyl groups is 1. The minimum Gasteiger partial charge on any atom is -0.395 e. The fraction of sp³-hybridized carbons (Fsp3) is 0.350. The predicted octanol–water partition coefficient (Wildman–Crippen LogP) is 0.392. The van der Waals surface area contributed by atoms with Crippen LogP contribution in [0.15, 0.2) is 41.8 Å². The number of hydrogen-bond donors (Lipinski definition) is 1. The summed E-state index contributed by atoms with van der Waals surface area (Å²) in [4.78, 5) is 30.3. The standard InChI is InChI=1S/C20H22N8O2/c1-25-18-16(11-24-25)19(22-12-21-18)27-6-4-26(5-7-27)14-2-3-15-17(10-14)23-13-28(8-9-29)20(15)30/h2-3,10-13,29H,4-9H2,1H3. The lowest BCUT2D eigenvalue weighted by Gasteiger charge is -2.36. The first-order chi connectivity index (χ1) is 14.7. The molecule has 0 atom stereocenters. The van der Waals surface area contributed by atoms with Crippen molar-refractivity contribution in [1.82, 2.24) is 29.3 Å². The van der Waals surface area contributed by atoms with Crippen molar-refractivity contribution in [3.63, 3.8) is 0 Å². The highest BCUT2D eigenvalue weighted by atomic mass is 16.3. The molecule has 1 fully saturated rings. The number of piperazine rings is 1. The number of aryl methyl sites for hydroxylation is 1. The summed E-state index contributed by atoms with van der Waals surface area (Å²) in [6.45, 7) is 3.47. The van der Waals surface area contributed by atoms with Crippen LogP contribution in [0, 0.1) is 0 Å². The van der Waals surface area contributed by atoms with E-state index in [1.807, 2.05) is 31.4 Å². The van der Waals surface area contributed by atoms with Gasteiger partial charge >= 0.3 is 0 Å². The Labute approximate surface area is 172 Å². The number of anilines is 2. The molecule has 0 bridgehead atoms. The molecular formula is C20H22N8O2. The third kappa shape index (κ3) is 3.05. The van der Waals surface area contributed by atoms with Crippen LogP contribution in [-0.2, 0) is 13.6 Å². The highest BCUT2D eigenvalue weighted by Crippen LogP contribution is 2.25. The summed E-state index contributed by atoms with van der Waals surface area (Å²) >= 11 is 0. The third-order valence-electron chi connectivity index (χ3n) is 5.60. The lowest BCUT2D eigenvalue weighted by Crippen LogP contribution is -2.47. The second-order valence-corrected chi connectivity index (χ2v) is 7.35.